The Morgan fingerprint density at radius 1 is 1.32 bits per heavy atom. The van der Waals surface area contributed by atoms with Gasteiger partial charge in [0, 0.05) is 30.6 Å². The van der Waals surface area contributed by atoms with Gasteiger partial charge in [0.1, 0.15) is 11.3 Å². The van der Waals surface area contributed by atoms with E-state index in [2.05, 4.69) is 17.9 Å². The molecule has 3 aromatic rings. The number of hydrogen-bond donors (Lipinski definition) is 0. The van der Waals surface area contributed by atoms with Crippen molar-refractivity contribution in [3.05, 3.63) is 48.5 Å². The second-order valence-corrected chi connectivity index (χ2v) is 7.78. The van der Waals surface area contributed by atoms with Gasteiger partial charge in [0.2, 0.25) is 0 Å². The molecule has 1 aliphatic rings. The van der Waals surface area contributed by atoms with Crippen LogP contribution in [-0.4, -0.2) is 49.4 Å². The molecule has 0 spiro atoms. The highest BCUT2D eigenvalue weighted by molar-refractivity contribution is 5.85. The van der Waals surface area contributed by atoms with Gasteiger partial charge in [-0.05, 0) is 50.1 Å². The van der Waals surface area contributed by atoms with Gasteiger partial charge in [-0.15, -0.1) is 0 Å². The fourth-order valence-electron chi connectivity index (χ4n) is 4.12. The van der Waals surface area contributed by atoms with Crippen LogP contribution >= 0.6 is 0 Å². The predicted octanol–water partition coefficient (Wildman–Crippen LogP) is 4.33. The maximum Gasteiger partial charge on any atom is 0.308 e. The van der Waals surface area contributed by atoms with Crippen LogP contribution < -0.4 is 4.90 Å². The maximum atomic E-state index is 12.0. The first-order chi connectivity index (χ1) is 15.1. The number of hydrogen-bond acceptors (Lipinski definition) is 7. The smallest absolute Gasteiger partial charge is 0.308 e. The van der Waals surface area contributed by atoms with Crippen LogP contribution in [0.25, 0.3) is 28.3 Å². The normalized spacial score (nSPS) is 19.3. The predicted molar refractivity (Wildman–Crippen MR) is 120 cm³/mol. The summed E-state index contributed by atoms with van der Waals surface area (Å²) >= 11 is 0. The van der Waals surface area contributed by atoms with E-state index in [1.54, 1.807) is 19.6 Å². The van der Waals surface area contributed by atoms with E-state index in [0.717, 1.165) is 46.6 Å². The topological polar surface area (TPSA) is 77.7 Å². The number of ether oxygens (including phenoxy) is 2. The molecule has 0 amide bonds. The quantitative estimate of drug-likeness (QED) is 0.548. The summed E-state index contributed by atoms with van der Waals surface area (Å²) in [6.07, 6.45) is 8.73. The van der Waals surface area contributed by atoms with Gasteiger partial charge >= 0.3 is 5.97 Å². The summed E-state index contributed by atoms with van der Waals surface area (Å²) in [7, 11) is 3.11. The lowest BCUT2D eigenvalue weighted by Crippen LogP contribution is -2.43. The van der Waals surface area contributed by atoms with Crippen molar-refractivity contribution < 1.29 is 18.7 Å². The van der Waals surface area contributed by atoms with Crippen molar-refractivity contribution in [1.29, 1.82) is 0 Å². The number of fused-ring (bicyclic) bond motifs is 1. The average Bonchev–Trinajstić information content (AvgIpc) is 3.26. The zero-order valence-electron chi connectivity index (χ0n) is 18.1. The van der Waals surface area contributed by atoms with Crippen LogP contribution in [0.2, 0.25) is 0 Å². The Hall–Kier alpha value is -3.19. The van der Waals surface area contributed by atoms with E-state index in [1.807, 2.05) is 30.4 Å². The van der Waals surface area contributed by atoms with Crippen molar-refractivity contribution >= 4 is 28.8 Å². The Labute approximate surface area is 181 Å². The molecule has 0 saturated carbocycles. The molecule has 7 heteroatoms. The summed E-state index contributed by atoms with van der Waals surface area (Å²) in [4.78, 5) is 24.0. The number of furan rings is 1. The third kappa shape index (κ3) is 4.46. The molecule has 1 saturated heterocycles. The average molecular weight is 421 g/mol. The molecule has 3 heterocycles. The van der Waals surface area contributed by atoms with E-state index in [1.165, 1.54) is 7.11 Å². The number of piperidine rings is 1. The maximum absolute atomic E-state index is 12.0. The highest BCUT2D eigenvalue weighted by Gasteiger charge is 2.32. The molecule has 0 bridgehead atoms. The van der Waals surface area contributed by atoms with Crippen LogP contribution in [0, 0.1) is 5.92 Å². The molecular formula is C24H27N3O4. The number of rotatable bonds is 6. The van der Waals surface area contributed by atoms with Gasteiger partial charge in [-0.2, -0.15) is 0 Å². The van der Waals surface area contributed by atoms with Gasteiger partial charge in [-0.3, -0.25) is 9.78 Å². The minimum atomic E-state index is -0.139. The first-order valence-electron chi connectivity index (χ1n) is 10.5. The van der Waals surface area contributed by atoms with Gasteiger partial charge in [-0.25, -0.2) is 4.98 Å². The lowest BCUT2D eigenvalue weighted by Gasteiger charge is -2.38. The molecule has 0 N–H and O–H groups in total. The van der Waals surface area contributed by atoms with E-state index in [4.69, 9.17) is 23.9 Å². The van der Waals surface area contributed by atoms with Crippen molar-refractivity contribution in [2.75, 3.05) is 32.3 Å². The van der Waals surface area contributed by atoms with Gasteiger partial charge < -0.3 is 18.8 Å². The highest BCUT2D eigenvalue weighted by atomic mass is 16.5. The zero-order valence-corrected chi connectivity index (χ0v) is 18.1. The van der Waals surface area contributed by atoms with Gasteiger partial charge in [-0.1, -0.05) is 6.08 Å². The summed E-state index contributed by atoms with van der Waals surface area (Å²) in [6.45, 7) is 3.34. The fraction of sp³-hybridized carbons (Fsp3) is 0.375. The molecule has 7 nitrogen and oxygen atoms in total. The molecule has 1 aliphatic heterocycles. The standard InChI is InChI=1S/C24H27N3O4/c1-16-13-19(24(28)30-3)8-10-27(16)23-22(25-15-20(26-23)5-4-11-29-2)18-6-7-21-17(14-18)9-12-31-21/h4-7,9,12,14-16,19H,8,10-11,13H2,1-3H3/b5-4+. The molecule has 162 valence electrons. The minimum absolute atomic E-state index is 0.0836. The SMILES string of the molecule is COC/C=C/c1cnc(-c2ccc3occc3c2)c(N2CCC(C(=O)OC)CC2C)n1. The van der Waals surface area contributed by atoms with E-state index in [0.29, 0.717) is 13.2 Å². The van der Waals surface area contributed by atoms with E-state index in [-0.39, 0.29) is 17.9 Å². The number of anilines is 1. The highest BCUT2D eigenvalue weighted by Crippen LogP contribution is 2.35. The molecule has 2 unspecified atom stereocenters. The van der Waals surface area contributed by atoms with E-state index < -0.39 is 0 Å². The fourth-order valence-corrected chi connectivity index (χ4v) is 4.12. The van der Waals surface area contributed by atoms with Crippen molar-refractivity contribution in [3.8, 4) is 11.3 Å². The van der Waals surface area contributed by atoms with Crippen LogP contribution in [0.5, 0.6) is 0 Å². The summed E-state index contributed by atoms with van der Waals surface area (Å²) < 4.78 is 15.5. The molecule has 0 radical (unpaired) electrons. The number of nitrogens with zero attached hydrogens (tertiary/aromatic N) is 3. The summed E-state index contributed by atoms with van der Waals surface area (Å²) in [5, 5.41) is 1.02. The molecular weight excluding hydrogens is 394 g/mol. The second kappa shape index (κ2) is 9.31. The number of benzene rings is 1. The largest absolute Gasteiger partial charge is 0.469 e. The van der Waals surface area contributed by atoms with Crippen molar-refractivity contribution in [1.82, 2.24) is 9.97 Å². The number of methoxy groups -OCH3 is 2. The minimum Gasteiger partial charge on any atom is -0.469 e. The number of aromatic nitrogens is 2. The first kappa shape index (κ1) is 21.1. The van der Waals surface area contributed by atoms with Gasteiger partial charge in [0.15, 0.2) is 5.82 Å². The molecule has 2 atom stereocenters. The van der Waals surface area contributed by atoms with Crippen molar-refractivity contribution in [2.24, 2.45) is 5.92 Å². The third-order valence-corrected chi connectivity index (χ3v) is 5.73. The molecule has 1 fully saturated rings. The van der Waals surface area contributed by atoms with Crippen molar-refractivity contribution in [3.63, 3.8) is 0 Å². The van der Waals surface area contributed by atoms with Gasteiger partial charge in [0.05, 0.1) is 37.8 Å². The Balaban J connectivity index is 1.72. The van der Waals surface area contributed by atoms with Crippen LogP contribution in [0.1, 0.15) is 25.5 Å². The number of carbonyl (C=O) groups excluding carboxylic acids is 1. The molecule has 2 aromatic heterocycles. The molecule has 31 heavy (non-hydrogen) atoms. The Bertz CT molecular complexity index is 1090. The molecule has 4 rings (SSSR count). The Morgan fingerprint density at radius 3 is 2.97 bits per heavy atom. The van der Waals surface area contributed by atoms with Gasteiger partial charge in [0.25, 0.3) is 0 Å². The van der Waals surface area contributed by atoms with Crippen LogP contribution in [-0.2, 0) is 14.3 Å². The first-order valence-corrected chi connectivity index (χ1v) is 10.5. The number of carbonyl (C=O) groups is 1. The van der Waals surface area contributed by atoms with Crippen LogP contribution in [0.3, 0.4) is 0 Å². The second-order valence-electron chi connectivity index (χ2n) is 7.78. The van der Waals surface area contributed by atoms with E-state index >= 15 is 0 Å². The number of esters is 1. The van der Waals surface area contributed by atoms with E-state index in [9.17, 15) is 4.79 Å². The monoisotopic (exact) mass is 421 g/mol. The summed E-state index contributed by atoms with van der Waals surface area (Å²) in [5.41, 5.74) is 3.40. The third-order valence-electron chi connectivity index (χ3n) is 5.73. The van der Waals surface area contributed by atoms with Crippen molar-refractivity contribution in [2.45, 2.75) is 25.8 Å². The van der Waals surface area contributed by atoms with Crippen LogP contribution in [0.15, 0.2) is 47.2 Å². The summed E-state index contributed by atoms with van der Waals surface area (Å²) in [6, 6.07) is 8.10. The lowest BCUT2D eigenvalue weighted by atomic mass is 9.91. The lowest BCUT2D eigenvalue weighted by molar-refractivity contribution is -0.146. The summed E-state index contributed by atoms with van der Waals surface area (Å²) in [5.74, 6) is 0.595. The Morgan fingerprint density at radius 2 is 2.19 bits per heavy atom. The molecule has 1 aromatic carbocycles. The van der Waals surface area contributed by atoms with Crippen LogP contribution in [0.4, 0.5) is 5.82 Å². The Kier molecular flexibility index (Phi) is 6.32. The molecule has 0 aliphatic carbocycles. The zero-order chi connectivity index (χ0) is 21.8.